The van der Waals surface area contributed by atoms with Crippen LogP contribution in [0.3, 0.4) is 0 Å². The van der Waals surface area contributed by atoms with Gasteiger partial charge in [0, 0.05) is 6.54 Å². The fourth-order valence-corrected chi connectivity index (χ4v) is 2.84. The predicted octanol–water partition coefficient (Wildman–Crippen LogP) is -1.37. The van der Waals surface area contributed by atoms with Crippen LogP contribution in [0.2, 0.25) is 0 Å². The number of carbonyl (C=O) groups is 4. The predicted molar refractivity (Wildman–Crippen MR) is 121 cm³/mol. The molecule has 0 saturated heterocycles. The first-order valence-electron chi connectivity index (χ1n) is 10.7. The molecule has 12 nitrogen and oxygen atoms in total. The van der Waals surface area contributed by atoms with Crippen LogP contribution in [-0.4, -0.2) is 65.5 Å². The summed E-state index contributed by atoms with van der Waals surface area (Å²) in [6.45, 7) is 9.02. The van der Waals surface area contributed by atoms with Crippen LogP contribution in [0.15, 0.2) is 4.99 Å². The summed E-state index contributed by atoms with van der Waals surface area (Å²) in [5.74, 6) is -3.04. The van der Waals surface area contributed by atoms with E-state index in [9.17, 15) is 24.3 Å². The third-order valence-electron chi connectivity index (χ3n) is 4.62. The van der Waals surface area contributed by atoms with Crippen molar-refractivity contribution in [1.82, 2.24) is 16.0 Å². The molecule has 0 radical (unpaired) electrons. The number of hydrogen-bond acceptors (Lipinski definition) is 6. The van der Waals surface area contributed by atoms with Gasteiger partial charge in [0.25, 0.3) is 0 Å². The highest BCUT2D eigenvalue weighted by atomic mass is 16.4. The molecular formula is C20H39N7O5. The van der Waals surface area contributed by atoms with Crippen molar-refractivity contribution in [3.05, 3.63) is 0 Å². The minimum Gasteiger partial charge on any atom is -0.480 e. The Balaban J connectivity index is 4.93. The summed E-state index contributed by atoms with van der Waals surface area (Å²) in [4.78, 5) is 52.6. The number of hydrogen-bond donors (Lipinski definition) is 7. The number of carbonyl (C=O) groups excluding carboxylic acids is 3. The average Bonchev–Trinajstić information content (AvgIpc) is 2.66. The zero-order chi connectivity index (χ0) is 25.0. The van der Waals surface area contributed by atoms with Gasteiger partial charge in [-0.05, 0) is 38.0 Å². The third-order valence-corrected chi connectivity index (χ3v) is 4.62. The lowest BCUT2D eigenvalue weighted by molar-refractivity contribution is -0.142. The van der Waals surface area contributed by atoms with Crippen LogP contribution < -0.4 is 33.2 Å². The lowest BCUT2D eigenvalue weighted by atomic mass is 10.00. The van der Waals surface area contributed by atoms with E-state index >= 15 is 0 Å². The van der Waals surface area contributed by atoms with Crippen molar-refractivity contribution in [3.8, 4) is 0 Å². The summed E-state index contributed by atoms with van der Waals surface area (Å²) in [6, 6.07) is -3.83. The largest absolute Gasteiger partial charge is 0.480 e. The Labute approximate surface area is 189 Å². The molecule has 0 aromatic carbocycles. The Hall–Kier alpha value is -2.89. The second-order valence-electron chi connectivity index (χ2n) is 8.54. The zero-order valence-corrected chi connectivity index (χ0v) is 19.6. The van der Waals surface area contributed by atoms with Gasteiger partial charge in [0.15, 0.2) is 5.96 Å². The van der Waals surface area contributed by atoms with Crippen LogP contribution in [0.5, 0.6) is 0 Å². The molecule has 0 rings (SSSR count). The molecule has 0 aliphatic rings. The molecule has 0 aromatic heterocycles. The first kappa shape index (κ1) is 29.1. The van der Waals surface area contributed by atoms with Gasteiger partial charge in [-0.1, -0.05) is 27.7 Å². The Morgan fingerprint density at radius 2 is 1.50 bits per heavy atom. The number of nitrogens with two attached hydrogens (primary N) is 3. The highest BCUT2D eigenvalue weighted by molar-refractivity contribution is 5.94. The summed E-state index contributed by atoms with van der Waals surface area (Å²) in [6.07, 6.45) is 0.918. The van der Waals surface area contributed by atoms with Gasteiger partial charge in [-0.25, -0.2) is 4.79 Å². The maximum atomic E-state index is 12.7. The first-order chi connectivity index (χ1) is 14.8. The number of carboxylic acids is 1. The smallest absolute Gasteiger partial charge is 0.326 e. The van der Waals surface area contributed by atoms with E-state index in [2.05, 4.69) is 20.9 Å². The van der Waals surface area contributed by atoms with E-state index < -0.39 is 47.9 Å². The number of aliphatic imine (C=N–C) groups is 1. The highest BCUT2D eigenvalue weighted by Gasteiger charge is 2.30. The lowest BCUT2D eigenvalue weighted by Crippen LogP contribution is -2.57. The Morgan fingerprint density at radius 3 is 1.97 bits per heavy atom. The maximum absolute atomic E-state index is 12.7. The van der Waals surface area contributed by atoms with Crippen LogP contribution in [0.1, 0.15) is 53.9 Å². The van der Waals surface area contributed by atoms with Gasteiger partial charge in [-0.15, -0.1) is 0 Å². The molecule has 12 heteroatoms. The number of nitrogens with one attached hydrogen (secondary N) is 3. The molecular weight excluding hydrogens is 418 g/mol. The van der Waals surface area contributed by atoms with Gasteiger partial charge in [0.1, 0.15) is 18.1 Å². The van der Waals surface area contributed by atoms with E-state index in [1.54, 1.807) is 13.8 Å². The first-order valence-corrected chi connectivity index (χ1v) is 10.7. The van der Waals surface area contributed by atoms with Crippen molar-refractivity contribution in [1.29, 1.82) is 0 Å². The Bertz CT molecular complexity index is 677. The molecule has 10 N–H and O–H groups in total. The van der Waals surface area contributed by atoms with Crippen LogP contribution in [0.25, 0.3) is 0 Å². The van der Waals surface area contributed by atoms with Crippen molar-refractivity contribution in [2.24, 2.45) is 34.0 Å². The molecule has 4 unspecified atom stereocenters. The lowest BCUT2D eigenvalue weighted by Gasteiger charge is -2.26. The van der Waals surface area contributed by atoms with E-state index in [4.69, 9.17) is 17.2 Å². The molecule has 0 spiro atoms. The molecule has 0 bridgehead atoms. The Morgan fingerprint density at radius 1 is 0.906 bits per heavy atom. The summed E-state index contributed by atoms with van der Waals surface area (Å²) in [5.41, 5.74) is 16.3. The molecule has 0 aromatic rings. The zero-order valence-electron chi connectivity index (χ0n) is 19.6. The van der Waals surface area contributed by atoms with Crippen molar-refractivity contribution in [2.45, 2.75) is 78.0 Å². The number of carboxylic acid groups (broad SMARTS) is 1. The molecule has 0 fully saturated rings. The van der Waals surface area contributed by atoms with E-state index in [0.717, 1.165) is 0 Å². The normalized spacial score (nSPS) is 14.8. The van der Waals surface area contributed by atoms with Gasteiger partial charge in [-0.3, -0.25) is 19.4 Å². The van der Waals surface area contributed by atoms with Crippen LogP contribution in [0, 0.1) is 11.8 Å². The van der Waals surface area contributed by atoms with Crippen molar-refractivity contribution < 1.29 is 24.3 Å². The monoisotopic (exact) mass is 457 g/mol. The third kappa shape index (κ3) is 11.5. The highest BCUT2D eigenvalue weighted by Crippen LogP contribution is 2.07. The minimum atomic E-state index is -1.21. The number of amides is 3. The standard InChI is InChI=1S/C20H39N7O5/c1-10(2)9-13(21)17(29)27-15(11(3)4)18(30)25-12(5)16(28)26-14(19(31)32)7-6-8-24-20(22)23/h10-15H,6-9,21H2,1-5H3,(H,25,30)(H,26,28)(H,27,29)(H,31,32)(H4,22,23,24). The van der Waals surface area contributed by atoms with Crippen LogP contribution in [-0.2, 0) is 19.2 Å². The molecule has 32 heavy (non-hydrogen) atoms. The Kier molecular flexibility index (Phi) is 12.9. The van der Waals surface area contributed by atoms with Gasteiger partial charge in [-0.2, -0.15) is 0 Å². The van der Waals surface area contributed by atoms with Crippen molar-refractivity contribution in [2.75, 3.05) is 6.54 Å². The molecule has 0 aliphatic carbocycles. The van der Waals surface area contributed by atoms with Gasteiger partial charge in [0.2, 0.25) is 17.7 Å². The van der Waals surface area contributed by atoms with Gasteiger partial charge >= 0.3 is 5.97 Å². The average molecular weight is 458 g/mol. The SMILES string of the molecule is CC(C)CC(N)C(=O)NC(C(=O)NC(C)C(=O)NC(CCCN=C(N)N)C(=O)O)C(C)C. The fourth-order valence-electron chi connectivity index (χ4n) is 2.84. The van der Waals surface area contributed by atoms with Crippen molar-refractivity contribution in [3.63, 3.8) is 0 Å². The maximum Gasteiger partial charge on any atom is 0.326 e. The fraction of sp³-hybridized carbons (Fsp3) is 0.750. The van der Waals surface area contributed by atoms with Crippen molar-refractivity contribution >= 4 is 29.7 Å². The summed E-state index contributed by atoms with van der Waals surface area (Å²) < 4.78 is 0. The molecule has 4 atom stereocenters. The summed E-state index contributed by atoms with van der Waals surface area (Å²) in [7, 11) is 0. The van der Waals surface area contributed by atoms with Gasteiger partial charge in [0.05, 0.1) is 6.04 Å². The molecule has 184 valence electrons. The molecule has 0 heterocycles. The number of nitrogens with zero attached hydrogens (tertiary/aromatic N) is 1. The quantitative estimate of drug-likeness (QED) is 0.0935. The van der Waals surface area contributed by atoms with E-state index in [0.29, 0.717) is 12.8 Å². The molecule has 0 aliphatic heterocycles. The molecule has 0 saturated carbocycles. The van der Waals surface area contributed by atoms with E-state index in [1.807, 2.05) is 13.8 Å². The van der Waals surface area contributed by atoms with Gasteiger partial charge < -0.3 is 38.3 Å². The summed E-state index contributed by atoms with van der Waals surface area (Å²) >= 11 is 0. The number of rotatable bonds is 14. The second kappa shape index (κ2) is 14.2. The van der Waals surface area contributed by atoms with E-state index in [-0.39, 0.29) is 30.8 Å². The van der Waals surface area contributed by atoms with Crippen LogP contribution >= 0.6 is 0 Å². The summed E-state index contributed by atoms with van der Waals surface area (Å²) in [5, 5.41) is 16.9. The topological polar surface area (TPSA) is 215 Å². The second-order valence-corrected chi connectivity index (χ2v) is 8.54. The molecule has 3 amide bonds. The number of guanidine groups is 1. The van der Waals surface area contributed by atoms with Crippen LogP contribution in [0.4, 0.5) is 0 Å². The van der Waals surface area contributed by atoms with E-state index in [1.165, 1.54) is 6.92 Å². The number of aliphatic carboxylic acids is 1. The minimum absolute atomic E-state index is 0.103.